The molecule has 2 saturated heterocycles. The van der Waals surface area contributed by atoms with Crippen LogP contribution in [0.2, 0.25) is 0 Å². The first-order valence-electron chi connectivity index (χ1n) is 8.57. The zero-order valence-electron chi connectivity index (χ0n) is 14.5. The molecule has 1 unspecified atom stereocenters. The van der Waals surface area contributed by atoms with E-state index in [2.05, 4.69) is 4.90 Å². The Morgan fingerprint density at radius 1 is 1.21 bits per heavy atom. The molecule has 0 aliphatic carbocycles. The lowest BCUT2D eigenvalue weighted by Crippen LogP contribution is -2.50. The fourth-order valence-corrected chi connectivity index (χ4v) is 3.44. The van der Waals surface area contributed by atoms with Crippen molar-refractivity contribution in [1.29, 1.82) is 0 Å². The summed E-state index contributed by atoms with van der Waals surface area (Å²) in [6.45, 7) is 5.09. The van der Waals surface area contributed by atoms with E-state index in [0.29, 0.717) is 23.2 Å². The number of amides is 1. The quantitative estimate of drug-likeness (QED) is 0.819. The number of rotatable bonds is 5. The summed E-state index contributed by atoms with van der Waals surface area (Å²) < 4.78 is 16.4. The van der Waals surface area contributed by atoms with Gasteiger partial charge >= 0.3 is 0 Å². The van der Waals surface area contributed by atoms with Crippen molar-refractivity contribution in [3.63, 3.8) is 0 Å². The van der Waals surface area contributed by atoms with Crippen LogP contribution in [0, 0.1) is 0 Å². The fraction of sp³-hybridized carbons (Fsp3) is 0.611. The molecule has 2 heterocycles. The Hall–Kier alpha value is -1.79. The molecule has 2 aliphatic rings. The van der Waals surface area contributed by atoms with Crippen LogP contribution in [0.3, 0.4) is 0 Å². The molecule has 0 bridgehead atoms. The van der Waals surface area contributed by atoms with Gasteiger partial charge in [-0.25, -0.2) is 0 Å². The number of benzene rings is 1. The number of methoxy groups -OCH3 is 2. The summed E-state index contributed by atoms with van der Waals surface area (Å²) in [5, 5.41) is 0. The Morgan fingerprint density at radius 2 is 2.00 bits per heavy atom. The van der Waals surface area contributed by atoms with E-state index in [0.717, 1.165) is 45.8 Å². The lowest BCUT2D eigenvalue weighted by atomic mass is 10.1. The van der Waals surface area contributed by atoms with E-state index in [9.17, 15) is 4.79 Å². The van der Waals surface area contributed by atoms with Crippen LogP contribution in [0.4, 0.5) is 0 Å². The second-order valence-electron chi connectivity index (χ2n) is 6.27. The summed E-state index contributed by atoms with van der Waals surface area (Å²) >= 11 is 0. The largest absolute Gasteiger partial charge is 0.493 e. The van der Waals surface area contributed by atoms with E-state index < -0.39 is 0 Å². The molecule has 0 radical (unpaired) electrons. The number of piperazine rings is 1. The minimum absolute atomic E-state index is 0.00233. The van der Waals surface area contributed by atoms with Gasteiger partial charge < -0.3 is 19.1 Å². The van der Waals surface area contributed by atoms with E-state index in [1.165, 1.54) is 6.42 Å². The number of para-hydroxylation sites is 1. The van der Waals surface area contributed by atoms with Crippen molar-refractivity contribution >= 4 is 5.91 Å². The summed E-state index contributed by atoms with van der Waals surface area (Å²) in [6.07, 6.45) is 2.68. The average Bonchev–Trinajstić information content (AvgIpc) is 3.14. The zero-order chi connectivity index (χ0) is 16.9. The summed E-state index contributed by atoms with van der Waals surface area (Å²) in [5.41, 5.74) is 0.560. The van der Waals surface area contributed by atoms with Crippen LogP contribution in [0.25, 0.3) is 0 Å². The molecule has 6 heteroatoms. The molecule has 2 fully saturated rings. The molecule has 0 aromatic heterocycles. The Balaban J connectivity index is 1.61. The van der Waals surface area contributed by atoms with Gasteiger partial charge in [0.15, 0.2) is 11.5 Å². The maximum Gasteiger partial charge on any atom is 0.257 e. The highest BCUT2D eigenvalue weighted by Crippen LogP contribution is 2.31. The highest BCUT2D eigenvalue weighted by molar-refractivity contribution is 5.97. The molecule has 3 rings (SSSR count). The number of hydrogen-bond acceptors (Lipinski definition) is 5. The van der Waals surface area contributed by atoms with Crippen molar-refractivity contribution < 1.29 is 19.0 Å². The second kappa shape index (κ2) is 7.85. The lowest BCUT2D eigenvalue weighted by molar-refractivity contribution is 0.0431. The van der Waals surface area contributed by atoms with Crippen molar-refractivity contribution in [2.24, 2.45) is 0 Å². The Bertz CT molecular complexity index is 564. The van der Waals surface area contributed by atoms with Gasteiger partial charge in [-0.3, -0.25) is 9.69 Å². The molecule has 24 heavy (non-hydrogen) atoms. The Labute approximate surface area is 143 Å². The Kier molecular flexibility index (Phi) is 5.58. The highest BCUT2D eigenvalue weighted by Gasteiger charge is 2.27. The molecule has 0 saturated carbocycles. The van der Waals surface area contributed by atoms with Crippen LogP contribution in [0.1, 0.15) is 23.2 Å². The summed E-state index contributed by atoms with van der Waals surface area (Å²) in [4.78, 5) is 17.1. The lowest BCUT2D eigenvalue weighted by Gasteiger charge is -2.36. The topological polar surface area (TPSA) is 51.2 Å². The third-order valence-electron chi connectivity index (χ3n) is 4.78. The van der Waals surface area contributed by atoms with E-state index in [1.54, 1.807) is 26.4 Å². The van der Waals surface area contributed by atoms with Gasteiger partial charge in [0.2, 0.25) is 0 Å². The van der Waals surface area contributed by atoms with E-state index >= 15 is 0 Å². The van der Waals surface area contributed by atoms with Crippen molar-refractivity contribution in [1.82, 2.24) is 9.80 Å². The van der Waals surface area contributed by atoms with E-state index in [1.807, 2.05) is 11.0 Å². The number of nitrogens with zero attached hydrogens (tertiary/aromatic N) is 2. The number of carbonyl (C=O) groups is 1. The van der Waals surface area contributed by atoms with Gasteiger partial charge in [-0.1, -0.05) is 6.07 Å². The molecular formula is C18H26N2O4. The number of hydrogen-bond donors (Lipinski definition) is 0. The smallest absolute Gasteiger partial charge is 0.257 e. The summed E-state index contributed by atoms with van der Waals surface area (Å²) in [6, 6.07) is 5.42. The molecule has 0 spiro atoms. The predicted octanol–water partition coefficient (Wildman–Crippen LogP) is 1.64. The average molecular weight is 334 g/mol. The molecule has 6 nitrogen and oxygen atoms in total. The van der Waals surface area contributed by atoms with Gasteiger partial charge in [-0.15, -0.1) is 0 Å². The molecule has 2 aliphatic heterocycles. The van der Waals surface area contributed by atoms with E-state index in [4.69, 9.17) is 14.2 Å². The first kappa shape index (κ1) is 17.0. The fourth-order valence-electron chi connectivity index (χ4n) is 3.44. The second-order valence-corrected chi connectivity index (χ2v) is 6.27. The first-order chi connectivity index (χ1) is 11.7. The molecule has 1 aromatic carbocycles. The standard InChI is InChI=1S/C18H26N2O4/c1-22-16-7-3-6-15(17(16)23-2)18(21)20-10-8-19(9-11-20)13-14-5-4-12-24-14/h3,6-7,14H,4-5,8-13H2,1-2H3. The maximum atomic E-state index is 12.8. The van der Waals surface area contributed by atoms with Crippen LogP contribution in [0.15, 0.2) is 18.2 Å². The predicted molar refractivity (Wildman–Crippen MR) is 90.9 cm³/mol. The normalized spacial score (nSPS) is 21.8. The van der Waals surface area contributed by atoms with Crippen LogP contribution in [-0.4, -0.2) is 75.4 Å². The van der Waals surface area contributed by atoms with E-state index in [-0.39, 0.29) is 5.91 Å². The zero-order valence-corrected chi connectivity index (χ0v) is 14.5. The maximum absolute atomic E-state index is 12.8. The Morgan fingerprint density at radius 3 is 2.62 bits per heavy atom. The minimum Gasteiger partial charge on any atom is -0.493 e. The van der Waals surface area contributed by atoms with Crippen molar-refractivity contribution in [2.45, 2.75) is 18.9 Å². The third kappa shape index (κ3) is 3.65. The van der Waals surface area contributed by atoms with Gasteiger partial charge in [-0.2, -0.15) is 0 Å². The van der Waals surface area contributed by atoms with Crippen molar-refractivity contribution in [3.8, 4) is 11.5 Å². The molecule has 0 N–H and O–H groups in total. The molecule has 132 valence electrons. The molecule has 1 aromatic rings. The van der Waals surface area contributed by atoms with Gasteiger partial charge in [0.25, 0.3) is 5.91 Å². The van der Waals surface area contributed by atoms with Gasteiger partial charge in [0.1, 0.15) is 0 Å². The van der Waals surface area contributed by atoms with Crippen LogP contribution in [-0.2, 0) is 4.74 Å². The van der Waals surface area contributed by atoms with Crippen LogP contribution < -0.4 is 9.47 Å². The van der Waals surface area contributed by atoms with Crippen LogP contribution >= 0.6 is 0 Å². The van der Waals surface area contributed by atoms with Crippen LogP contribution in [0.5, 0.6) is 11.5 Å². The van der Waals surface area contributed by atoms with Crippen molar-refractivity contribution in [2.75, 3.05) is 53.6 Å². The summed E-state index contributed by atoms with van der Waals surface area (Å²) in [7, 11) is 3.14. The van der Waals surface area contributed by atoms with Gasteiger partial charge in [-0.05, 0) is 25.0 Å². The number of carbonyl (C=O) groups excluding carboxylic acids is 1. The third-order valence-corrected chi connectivity index (χ3v) is 4.78. The first-order valence-corrected chi connectivity index (χ1v) is 8.57. The van der Waals surface area contributed by atoms with Gasteiger partial charge in [0.05, 0.1) is 25.9 Å². The molecular weight excluding hydrogens is 308 g/mol. The minimum atomic E-state index is 0.00233. The molecule has 1 atom stereocenters. The summed E-state index contributed by atoms with van der Waals surface area (Å²) in [5.74, 6) is 1.09. The monoisotopic (exact) mass is 334 g/mol. The SMILES string of the molecule is COc1cccc(C(=O)N2CCN(CC3CCCO3)CC2)c1OC. The van der Waals surface area contributed by atoms with Gasteiger partial charge in [0, 0.05) is 39.3 Å². The number of ether oxygens (including phenoxy) is 3. The highest BCUT2D eigenvalue weighted by atomic mass is 16.5. The van der Waals surface area contributed by atoms with Crippen molar-refractivity contribution in [3.05, 3.63) is 23.8 Å². The molecule has 1 amide bonds.